The third kappa shape index (κ3) is 2.73. The lowest BCUT2D eigenvalue weighted by Gasteiger charge is -2.54. The van der Waals surface area contributed by atoms with Crippen LogP contribution in [0.4, 0.5) is 0 Å². The van der Waals surface area contributed by atoms with Gasteiger partial charge in [0.25, 0.3) is 10.1 Å². The number of nitrogens with one attached hydrogen (secondary N) is 1. The number of rotatable bonds is 5. The van der Waals surface area contributed by atoms with E-state index in [0.29, 0.717) is 19.0 Å². The number of hydrogen-bond donors (Lipinski definition) is 2. The summed E-state index contributed by atoms with van der Waals surface area (Å²) in [5.41, 5.74) is 0. The largest absolute Gasteiger partial charge is 0.313 e. The van der Waals surface area contributed by atoms with E-state index in [9.17, 15) is 8.42 Å². The van der Waals surface area contributed by atoms with Crippen molar-refractivity contribution in [3.05, 3.63) is 0 Å². The van der Waals surface area contributed by atoms with Gasteiger partial charge in [0.15, 0.2) is 0 Å². The molecule has 4 saturated carbocycles. The molecule has 4 aliphatic carbocycles. The van der Waals surface area contributed by atoms with Gasteiger partial charge in [0.2, 0.25) is 0 Å². The highest BCUT2D eigenvalue weighted by Crippen LogP contribution is 2.53. The molecule has 0 aromatic carbocycles. The smallest absolute Gasteiger partial charge is 0.264 e. The van der Waals surface area contributed by atoms with Gasteiger partial charge in [-0.1, -0.05) is 0 Å². The number of hydrogen-bond acceptors (Lipinski definition) is 3. The third-order valence-electron chi connectivity index (χ3n) is 5.19. The highest BCUT2D eigenvalue weighted by Gasteiger charge is 2.47. The van der Waals surface area contributed by atoms with Crippen LogP contribution in [-0.4, -0.2) is 31.3 Å². The van der Waals surface area contributed by atoms with Crippen molar-refractivity contribution in [1.82, 2.24) is 5.32 Å². The van der Waals surface area contributed by atoms with E-state index in [0.717, 1.165) is 23.7 Å². The Morgan fingerprint density at radius 1 is 1.00 bits per heavy atom. The lowest BCUT2D eigenvalue weighted by atomic mass is 9.54. The predicted molar refractivity (Wildman–Crippen MR) is 69.9 cm³/mol. The summed E-state index contributed by atoms with van der Waals surface area (Å²) >= 11 is 0. The molecule has 0 atom stereocenters. The molecule has 4 nitrogen and oxygen atoms in total. The second-order valence-corrected chi connectivity index (χ2v) is 8.12. The van der Waals surface area contributed by atoms with E-state index >= 15 is 0 Å². The standard InChI is InChI=1S/C13H23NO3S/c15-18(16,17)3-1-2-14-13-11-5-9-4-10(7-11)8-12(13)6-9/h9-14H,1-8H2,(H,15,16,17). The summed E-state index contributed by atoms with van der Waals surface area (Å²) < 4.78 is 30.0. The molecule has 0 unspecified atom stereocenters. The van der Waals surface area contributed by atoms with Crippen LogP contribution in [0.2, 0.25) is 0 Å². The maximum Gasteiger partial charge on any atom is 0.264 e. The first-order valence-corrected chi connectivity index (χ1v) is 8.81. The van der Waals surface area contributed by atoms with Crippen LogP contribution in [0.15, 0.2) is 0 Å². The first-order valence-electron chi connectivity index (χ1n) is 7.20. The Balaban J connectivity index is 1.49. The van der Waals surface area contributed by atoms with Gasteiger partial charge in [-0.2, -0.15) is 8.42 Å². The zero-order valence-corrected chi connectivity index (χ0v) is 11.5. The Hall–Kier alpha value is -0.130. The second kappa shape index (κ2) is 4.76. The first-order chi connectivity index (χ1) is 8.51. The molecule has 4 bridgehead atoms. The van der Waals surface area contributed by atoms with E-state index in [1.807, 2.05) is 0 Å². The molecule has 104 valence electrons. The first kappa shape index (κ1) is 12.9. The average molecular weight is 273 g/mol. The maximum atomic E-state index is 10.7. The van der Waals surface area contributed by atoms with Gasteiger partial charge in [0.05, 0.1) is 5.75 Å². The molecule has 18 heavy (non-hydrogen) atoms. The molecule has 0 aromatic rings. The van der Waals surface area contributed by atoms with E-state index in [-0.39, 0.29) is 5.75 Å². The quantitative estimate of drug-likeness (QED) is 0.591. The third-order valence-corrected chi connectivity index (χ3v) is 5.99. The van der Waals surface area contributed by atoms with Crippen LogP contribution in [-0.2, 0) is 10.1 Å². The Kier molecular flexibility index (Phi) is 3.41. The van der Waals surface area contributed by atoms with Crippen molar-refractivity contribution in [2.45, 2.75) is 44.6 Å². The summed E-state index contributed by atoms with van der Waals surface area (Å²) in [7, 11) is -3.79. The average Bonchev–Trinajstić information content (AvgIpc) is 2.24. The Morgan fingerprint density at radius 2 is 1.56 bits per heavy atom. The van der Waals surface area contributed by atoms with Crippen LogP contribution in [0, 0.1) is 23.7 Å². The van der Waals surface area contributed by atoms with Crippen molar-refractivity contribution in [3.63, 3.8) is 0 Å². The molecule has 0 saturated heterocycles. The predicted octanol–water partition coefficient (Wildman–Crippen LogP) is 1.68. The summed E-state index contributed by atoms with van der Waals surface area (Å²) in [5, 5.41) is 3.56. The molecular weight excluding hydrogens is 250 g/mol. The van der Waals surface area contributed by atoms with Crippen LogP contribution in [0.25, 0.3) is 0 Å². The van der Waals surface area contributed by atoms with Crippen molar-refractivity contribution >= 4 is 10.1 Å². The highest BCUT2D eigenvalue weighted by atomic mass is 32.2. The lowest BCUT2D eigenvalue weighted by Crippen LogP contribution is -2.54. The van der Waals surface area contributed by atoms with Crippen LogP contribution in [0.5, 0.6) is 0 Å². The van der Waals surface area contributed by atoms with Crippen LogP contribution >= 0.6 is 0 Å². The fourth-order valence-corrected chi connectivity index (χ4v) is 5.29. The molecule has 0 amide bonds. The zero-order chi connectivity index (χ0) is 12.8. The molecule has 0 spiro atoms. The summed E-state index contributed by atoms with van der Waals surface area (Å²) in [6.45, 7) is 0.715. The van der Waals surface area contributed by atoms with Gasteiger partial charge >= 0.3 is 0 Å². The van der Waals surface area contributed by atoms with Crippen molar-refractivity contribution in [1.29, 1.82) is 0 Å². The minimum absolute atomic E-state index is 0.118. The minimum atomic E-state index is -3.79. The van der Waals surface area contributed by atoms with Gasteiger partial charge in [-0.15, -0.1) is 0 Å². The maximum absolute atomic E-state index is 10.7. The topological polar surface area (TPSA) is 66.4 Å². The summed E-state index contributed by atoms with van der Waals surface area (Å²) in [4.78, 5) is 0. The normalized spacial score (nSPS) is 42.4. The molecule has 0 aliphatic heterocycles. The zero-order valence-electron chi connectivity index (χ0n) is 10.7. The fourth-order valence-electron chi connectivity index (χ4n) is 4.78. The van der Waals surface area contributed by atoms with Crippen LogP contribution in [0.1, 0.15) is 38.5 Å². The van der Waals surface area contributed by atoms with Crippen LogP contribution in [0.3, 0.4) is 0 Å². The van der Waals surface area contributed by atoms with Gasteiger partial charge in [0, 0.05) is 6.04 Å². The van der Waals surface area contributed by atoms with Gasteiger partial charge in [-0.3, -0.25) is 4.55 Å². The van der Waals surface area contributed by atoms with Gasteiger partial charge in [0.1, 0.15) is 0 Å². The molecule has 0 aromatic heterocycles. The van der Waals surface area contributed by atoms with E-state index in [2.05, 4.69) is 5.32 Å². The van der Waals surface area contributed by atoms with Crippen LogP contribution < -0.4 is 5.32 Å². The molecule has 4 rings (SSSR count). The van der Waals surface area contributed by atoms with E-state index < -0.39 is 10.1 Å². The van der Waals surface area contributed by atoms with Crippen molar-refractivity contribution < 1.29 is 13.0 Å². The lowest BCUT2D eigenvalue weighted by molar-refractivity contribution is -0.0134. The molecule has 0 heterocycles. The monoisotopic (exact) mass is 273 g/mol. The molecule has 5 heteroatoms. The molecular formula is C13H23NO3S. The molecule has 2 N–H and O–H groups in total. The van der Waals surface area contributed by atoms with E-state index in [1.165, 1.54) is 32.1 Å². The molecule has 4 aliphatic rings. The fraction of sp³-hybridized carbons (Fsp3) is 1.00. The molecule has 0 radical (unpaired) electrons. The van der Waals surface area contributed by atoms with Crippen molar-refractivity contribution in [3.8, 4) is 0 Å². The Bertz CT molecular complexity index is 378. The molecule has 4 fully saturated rings. The van der Waals surface area contributed by atoms with Gasteiger partial charge in [-0.05, 0) is 68.7 Å². The highest BCUT2D eigenvalue weighted by molar-refractivity contribution is 7.85. The Labute approximate surface area is 109 Å². The van der Waals surface area contributed by atoms with Gasteiger partial charge in [-0.25, -0.2) is 0 Å². The van der Waals surface area contributed by atoms with Crippen molar-refractivity contribution in [2.24, 2.45) is 23.7 Å². The van der Waals surface area contributed by atoms with E-state index in [4.69, 9.17) is 4.55 Å². The Morgan fingerprint density at radius 3 is 2.06 bits per heavy atom. The second-order valence-electron chi connectivity index (χ2n) is 6.55. The minimum Gasteiger partial charge on any atom is -0.313 e. The summed E-state index contributed by atoms with van der Waals surface area (Å²) in [5.74, 6) is 3.48. The summed E-state index contributed by atoms with van der Waals surface area (Å²) in [6.07, 6.45) is 7.49. The van der Waals surface area contributed by atoms with Gasteiger partial charge < -0.3 is 5.32 Å². The van der Waals surface area contributed by atoms with E-state index in [1.54, 1.807) is 0 Å². The van der Waals surface area contributed by atoms with Crippen molar-refractivity contribution in [2.75, 3.05) is 12.3 Å². The summed E-state index contributed by atoms with van der Waals surface area (Å²) in [6, 6.07) is 0.610. The SMILES string of the molecule is O=S(=O)(O)CCCNC1C2CC3CC(C2)CC1C3.